The van der Waals surface area contributed by atoms with Gasteiger partial charge in [-0.05, 0) is 51.7 Å². The van der Waals surface area contributed by atoms with Gasteiger partial charge in [-0.15, -0.1) is 0 Å². The van der Waals surface area contributed by atoms with E-state index in [0.29, 0.717) is 18.3 Å². The van der Waals surface area contributed by atoms with Crippen molar-refractivity contribution in [1.82, 2.24) is 4.98 Å². The van der Waals surface area contributed by atoms with E-state index in [4.69, 9.17) is 19.8 Å². The first-order valence-corrected chi connectivity index (χ1v) is 7.49. The molecule has 2 aliphatic rings. The van der Waals surface area contributed by atoms with Crippen LogP contribution < -0.4 is 11.2 Å². The van der Waals surface area contributed by atoms with Crippen molar-refractivity contribution >= 4 is 18.4 Å². The largest absolute Gasteiger partial charge is 0.495 e. The second kappa shape index (κ2) is 4.97. The van der Waals surface area contributed by atoms with Gasteiger partial charge in [-0.2, -0.15) is 0 Å². The van der Waals surface area contributed by atoms with Gasteiger partial charge in [0.25, 0.3) is 0 Å². The maximum absolute atomic E-state index is 6.09. The number of ether oxygens (including phenoxy) is 1. The molecule has 0 spiro atoms. The molecule has 0 amide bonds. The van der Waals surface area contributed by atoms with Crippen LogP contribution in [0.4, 0.5) is 5.82 Å². The topological polar surface area (TPSA) is 66.6 Å². The van der Waals surface area contributed by atoms with E-state index in [-0.39, 0.29) is 11.2 Å². The van der Waals surface area contributed by atoms with Gasteiger partial charge in [-0.25, -0.2) is 4.98 Å². The van der Waals surface area contributed by atoms with Crippen molar-refractivity contribution in [2.75, 3.05) is 18.9 Å². The SMILES string of the molecule is CC1(C)OB(c2cc(N)nc(C3CCOC3)c2)OC1(C)C. The van der Waals surface area contributed by atoms with Crippen LogP contribution >= 0.6 is 0 Å². The lowest BCUT2D eigenvalue weighted by molar-refractivity contribution is 0.00578. The minimum absolute atomic E-state index is 0.315. The Morgan fingerprint density at radius 3 is 2.43 bits per heavy atom. The van der Waals surface area contributed by atoms with Crippen LogP contribution in [0.3, 0.4) is 0 Å². The first-order chi connectivity index (χ1) is 9.78. The number of pyridine rings is 1. The lowest BCUT2D eigenvalue weighted by Gasteiger charge is -2.32. The van der Waals surface area contributed by atoms with Gasteiger partial charge in [0.2, 0.25) is 0 Å². The molecule has 1 aromatic heterocycles. The predicted octanol–water partition coefficient (Wildman–Crippen LogP) is 1.47. The van der Waals surface area contributed by atoms with Gasteiger partial charge in [0.1, 0.15) is 5.82 Å². The van der Waals surface area contributed by atoms with Gasteiger partial charge >= 0.3 is 7.12 Å². The van der Waals surface area contributed by atoms with Crippen molar-refractivity contribution in [2.24, 2.45) is 0 Å². The summed E-state index contributed by atoms with van der Waals surface area (Å²) in [5.41, 5.74) is 7.16. The van der Waals surface area contributed by atoms with E-state index >= 15 is 0 Å². The molecule has 6 heteroatoms. The van der Waals surface area contributed by atoms with Gasteiger partial charge in [0.05, 0.1) is 17.8 Å². The molecule has 1 aromatic rings. The number of anilines is 1. The van der Waals surface area contributed by atoms with Crippen LogP contribution in [-0.2, 0) is 14.0 Å². The third-order valence-electron chi connectivity index (χ3n) is 4.76. The average molecular weight is 290 g/mol. The highest BCUT2D eigenvalue weighted by Gasteiger charge is 2.51. The summed E-state index contributed by atoms with van der Waals surface area (Å²) >= 11 is 0. The fourth-order valence-corrected chi connectivity index (χ4v) is 2.69. The second-order valence-corrected chi connectivity index (χ2v) is 6.90. The van der Waals surface area contributed by atoms with Crippen molar-refractivity contribution in [3.05, 3.63) is 17.8 Å². The molecule has 0 saturated carbocycles. The monoisotopic (exact) mass is 290 g/mol. The smallest absolute Gasteiger partial charge is 0.399 e. The van der Waals surface area contributed by atoms with E-state index in [9.17, 15) is 0 Å². The van der Waals surface area contributed by atoms with E-state index < -0.39 is 7.12 Å². The molecule has 0 radical (unpaired) electrons. The Labute approximate surface area is 126 Å². The zero-order valence-electron chi connectivity index (χ0n) is 13.2. The summed E-state index contributed by atoms with van der Waals surface area (Å²) in [5, 5.41) is 0. The van der Waals surface area contributed by atoms with Crippen LogP contribution in [0.5, 0.6) is 0 Å². The fraction of sp³-hybridized carbons (Fsp3) is 0.667. The number of hydrogen-bond donors (Lipinski definition) is 1. The molecule has 21 heavy (non-hydrogen) atoms. The summed E-state index contributed by atoms with van der Waals surface area (Å²) in [7, 11) is -0.402. The number of nitrogens with zero attached hydrogens (tertiary/aromatic N) is 1. The van der Waals surface area contributed by atoms with E-state index in [1.165, 1.54) is 0 Å². The molecular weight excluding hydrogens is 267 g/mol. The average Bonchev–Trinajstić information content (AvgIpc) is 2.96. The van der Waals surface area contributed by atoms with E-state index in [1.807, 2.05) is 39.8 Å². The van der Waals surface area contributed by atoms with Crippen molar-refractivity contribution < 1.29 is 14.0 Å². The Kier molecular flexibility index (Phi) is 3.51. The summed E-state index contributed by atoms with van der Waals surface area (Å²) in [6.07, 6.45) is 0.985. The van der Waals surface area contributed by atoms with Crippen molar-refractivity contribution in [3.63, 3.8) is 0 Å². The summed E-state index contributed by atoms with van der Waals surface area (Å²) in [6, 6.07) is 3.87. The van der Waals surface area contributed by atoms with Gasteiger partial charge in [0, 0.05) is 18.2 Å². The normalized spacial score (nSPS) is 27.2. The Morgan fingerprint density at radius 1 is 1.19 bits per heavy atom. The van der Waals surface area contributed by atoms with Crippen molar-refractivity contribution in [1.29, 1.82) is 0 Å². The lowest BCUT2D eigenvalue weighted by atomic mass is 9.78. The molecule has 0 bridgehead atoms. The van der Waals surface area contributed by atoms with Gasteiger partial charge in [0.15, 0.2) is 0 Å². The van der Waals surface area contributed by atoms with Crippen LogP contribution in [0.1, 0.15) is 45.7 Å². The molecule has 1 unspecified atom stereocenters. The molecule has 1 atom stereocenters. The molecule has 5 nitrogen and oxygen atoms in total. The van der Waals surface area contributed by atoms with Crippen LogP contribution in [0.25, 0.3) is 0 Å². The standard InChI is InChI=1S/C15H23BN2O3/c1-14(2)15(3,4)21-16(20-14)11-7-12(18-13(17)8-11)10-5-6-19-9-10/h7-8,10H,5-6,9H2,1-4H3,(H2,17,18). The maximum Gasteiger partial charge on any atom is 0.495 e. The molecule has 0 aromatic carbocycles. The van der Waals surface area contributed by atoms with E-state index in [2.05, 4.69) is 4.98 Å². The third-order valence-corrected chi connectivity index (χ3v) is 4.76. The number of aromatic nitrogens is 1. The fourth-order valence-electron chi connectivity index (χ4n) is 2.69. The quantitative estimate of drug-likeness (QED) is 0.835. The Morgan fingerprint density at radius 2 is 1.86 bits per heavy atom. The zero-order chi connectivity index (χ0) is 15.3. The van der Waals surface area contributed by atoms with Crippen LogP contribution in [-0.4, -0.2) is 36.5 Å². The first-order valence-electron chi connectivity index (χ1n) is 7.49. The number of hydrogen-bond acceptors (Lipinski definition) is 5. The number of nitrogens with two attached hydrogens (primary N) is 1. The molecule has 2 N–H and O–H groups in total. The van der Waals surface area contributed by atoms with Gasteiger partial charge in [-0.1, -0.05) is 0 Å². The zero-order valence-corrected chi connectivity index (χ0v) is 13.2. The first kappa shape index (κ1) is 14.8. The summed E-state index contributed by atoms with van der Waals surface area (Å²) in [6.45, 7) is 9.67. The minimum atomic E-state index is -0.402. The molecular formula is C15H23BN2O3. The lowest BCUT2D eigenvalue weighted by Crippen LogP contribution is -2.41. The number of nitrogen functional groups attached to an aromatic ring is 1. The molecule has 114 valence electrons. The second-order valence-electron chi connectivity index (χ2n) is 6.90. The predicted molar refractivity (Wildman–Crippen MR) is 82.5 cm³/mol. The molecule has 2 fully saturated rings. The summed E-state index contributed by atoms with van der Waals surface area (Å²) < 4.78 is 17.6. The highest BCUT2D eigenvalue weighted by molar-refractivity contribution is 6.62. The maximum atomic E-state index is 6.09. The molecule has 2 saturated heterocycles. The summed E-state index contributed by atoms with van der Waals surface area (Å²) in [4.78, 5) is 4.45. The Balaban J connectivity index is 1.89. The van der Waals surface area contributed by atoms with Crippen molar-refractivity contribution in [3.8, 4) is 0 Å². The minimum Gasteiger partial charge on any atom is -0.399 e. The molecule has 0 aliphatic carbocycles. The number of rotatable bonds is 2. The highest BCUT2D eigenvalue weighted by atomic mass is 16.7. The Bertz CT molecular complexity index is 526. The van der Waals surface area contributed by atoms with Crippen LogP contribution in [0.15, 0.2) is 12.1 Å². The van der Waals surface area contributed by atoms with Gasteiger partial charge < -0.3 is 19.8 Å². The molecule has 3 rings (SSSR count). The Hall–Kier alpha value is -1.11. The molecule has 2 aliphatic heterocycles. The van der Waals surface area contributed by atoms with E-state index in [1.54, 1.807) is 0 Å². The highest BCUT2D eigenvalue weighted by Crippen LogP contribution is 2.36. The van der Waals surface area contributed by atoms with Crippen LogP contribution in [0.2, 0.25) is 0 Å². The van der Waals surface area contributed by atoms with Crippen molar-refractivity contribution in [2.45, 2.75) is 51.2 Å². The van der Waals surface area contributed by atoms with Gasteiger partial charge in [-0.3, -0.25) is 0 Å². The van der Waals surface area contributed by atoms with E-state index in [0.717, 1.165) is 24.2 Å². The summed E-state index contributed by atoms with van der Waals surface area (Å²) in [5.74, 6) is 0.818. The molecule has 3 heterocycles. The third kappa shape index (κ3) is 2.68. The van der Waals surface area contributed by atoms with Crippen LogP contribution in [0, 0.1) is 0 Å².